The van der Waals surface area contributed by atoms with Gasteiger partial charge in [0.1, 0.15) is 0 Å². The monoisotopic (exact) mass is 308 g/mol. The number of nitrogens with one attached hydrogen (secondary N) is 2. The summed E-state index contributed by atoms with van der Waals surface area (Å²) in [5.41, 5.74) is 0. The van der Waals surface area contributed by atoms with Gasteiger partial charge in [0, 0.05) is 13.2 Å². The van der Waals surface area contributed by atoms with E-state index in [0.717, 1.165) is 25.9 Å². The molecule has 0 radical (unpaired) electrons. The minimum absolute atomic E-state index is 0.128. The molecule has 1 fully saturated rings. The Morgan fingerprint density at radius 2 is 2.05 bits per heavy atom. The first-order chi connectivity index (χ1) is 9.53. The summed E-state index contributed by atoms with van der Waals surface area (Å²) in [7, 11) is -2.17. The number of carbonyl (C=O) groups excluding carboxylic acids is 1. The largest absolute Gasteiger partial charge is 0.469 e. The molecule has 1 rings (SSSR count). The Labute approximate surface area is 120 Å². The Kier molecular flexibility index (Phi) is 8.05. The first-order valence-corrected chi connectivity index (χ1v) is 8.55. The van der Waals surface area contributed by atoms with Crippen molar-refractivity contribution in [2.45, 2.75) is 31.8 Å². The van der Waals surface area contributed by atoms with Gasteiger partial charge in [0.05, 0.1) is 25.4 Å². The summed E-state index contributed by atoms with van der Waals surface area (Å²) in [6.45, 7) is 2.83. The molecule has 7 nitrogen and oxygen atoms in total. The van der Waals surface area contributed by atoms with Gasteiger partial charge in [-0.25, -0.2) is 13.1 Å². The highest BCUT2D eigenvalue weighted by Gasteiger charge is 2.14. The smallest absolute Gasteiger partial charge is 0.306 e. The Morgan fingerprint density at radius 1 is 1.35 bits per heavy atom. The molecule has 0 aliphatic carbocycles. The number of hydrogen-bond donors (Lipinski definition) is 2. The molecule has 1 saturated heterocycles. The minimum atomic E-state index is -3.41. The van der Waals surface area contributed by atoms with Crippen molar-refractivity contribution in [2.24, 2.45) is 0 Å². The van der Waals surface area contributed by atoms with Gasteiger partial charge in [0.2, 0.25) is 10.0 Å². The third-order valence-electron chi connectivity index (χ3n) is 3.09. The molecule has 1 aliphatic heterocycles. The zero-order chi connectivity index (χ0) is 14.8. The van der Waals surface area contributed by atoms with Crippen molar-refractivity contribution in [3.05, 3.63) is 0 Å². The number of esters is 1. The summed E-state index contributed by atoms with van der Waals surface area (Å²) in [5.74, 6) is -0.765. The zero-order valence-corrected chi connectivity index (χ0v) is 12.7. The summed E-state index contributed by atoms with van der Waals surface area (Å²) in [6, 6.07) is 0. The number of piperidine rings is 1. The van der Waals surface area contributed by atoms with Crippen molar-refractivity contribution in [3.8, 4) is 0 Å². The quantitative estimate of drug-likeness (QED) is 0.446. The predicted molar refractivity (Wildman–Crippen MR) is 74.9 cm³/mol. The topological polar surface area (TPSA) is 93.7 Å². The lowest BCUT2D eigenvalue weighted by Gasteiger charge is -2.22. The minimum Gasteiger partial charge on any atom is -0.469 e. The predicted octanol–water partition coefficient (Wildman–Crippen LogP) is -0.372. The zero-order valence-electron chi connectivity index (χ0n) is 11.9. The lowest BCUT2D eigenvalue weighted by molar-refractivity contribution is -0.140. The Balaban J connectivity index is 2.05. The molecule has 0 aromatic rings. The van der Waals surface area contributed by atoms with Gasteiger partial charge in [-0.3, -0.25) is 4.79 Å². The van der Waals surface area contributed by atoms with Gasteiger partial charge in [0.25, 0.3) is 0 Å². The highest BCUT2D eigenvalue weighted by atomic mass is 32.2. The second-order valence-electron chi connectivity index (χ2n) is 4.71. The number of ether oxygens (including phenoxy) is 2. The van der Waals surface area contributed by atoms with Gasteiger partial charge in [-0.2, -0.15) is 0 Å². The van der Waals surface area contributed by atoms with Crippen LogP contribution in [0.3, 0.4) is 0 Å². The van der Waals surface area contributed by atoms with E-state index < -0.39 is 16.0 Å². The molecule has 8 heteroatoms. The fourth-order valence-electron chi connectivity index (χ4n) is 1.90. The molecule has 20 heavy (non-hydrogen) atoms. The number of carbonyl (C=O) groups is 1. The molecule has 1 heterocycles. The third kappa shape index (κ3) is 7.78. The second kappa shape index (κ2) is 9.28. The van der Waals surface area contributed by atoms with Crippen LogP contribution in [0.1, 0.15) is 25.7 Å². The molecule has 0 spiro atoms. The lowest BCUT2D eigenvalue weighted by Crippen LogP contribution is -2.33. The van der Waals surface area contributed by atoms with E-state index in [-0.39, 0.29) is 18.3 Å². The maximum atomic E-state index is 11.5. The maximum absolute atomic E-state index is 11.5. The van der Waals surface area contributed by atoms with Gasteiger partial charge >= 0.3 is 5.97 Å². The van der Waals surface area contributed by atoms with E-state index in [2.05, 4.69) is 14.8 Å². The van der Waals surface area contributed by atoms with Crippen LogP contribution in [0.15, 0.2) is 0 Å². The van der Waals surface area contributed by atoms with Crippen LogP contribution in [-0.4, -0.2) is 59.6 Å². The first-order valence-electron chi connectivity index (χ1n) is 6.90. The van der Waals surface area contributed by atoms with E-state index in [1.807, 2.05) is 0 Å². The standard InChI is InChI=1S/C12H24N2O5S/c1-18-12(15)5-10-20(16,17)14-6-2-9-19-11-3-7-13-8-4-11/h11,13-14H,2-10H2,1H3. The summed E-state index contributed by atoms with van der Waals surface area (Å²) in [6.07, 6.45) is 2.79. The van der Waals surface area contributed by atoms with E-state index in [4.69, 9.17) is 4.74 Å². The molecule has 0 saturated carbocycles. The van der Waals surface area contributed by atoms with Gasteiger partial charge < -0.3 is 14.8 Å². The van der Waals surface area contributed by atoms with Crippen molar-refractivity contribution >= 4 is 16.0 Å². The van der Waals surface area contributed by atoms with Gasteiger partial charge in [-0.15, -0.1) is 0 Å². The van der Waals surface area contributed by atoms with Crippen molar-refractivity contribution in [1.82, 2.24) is 10.0 Å². The number of hydrogen-bond acceptors (Lipinski definition) is 6. The molecule has 0 amide bonds. The fourth-order valence-corrected chi connectivity index (χ4v) is 2.94. The van der Waals surface area contributed by atoms with Crippen LogP contribution in [0.2, 0.25) is 0 Å². The highest BCUT2D eigenvalue weighted by Crippen LogP contribution is 2.07. The van der Waals surface area contributed by atoms with Crippen LogP contribution < -0.4 is 10.0 Å². The third-order valence-corrected chi connectivity index (χ3v) is 4.47. The summed E-state index contributed by atoms with van der Waals surface area (Å²) in [5, 5.41) is 3.25. The number of rotatable bonds is 9. The van der Waals surface area contributed by atoms with Crippen molar-refractivity contribution < 1.29 is 22.7 Å². The molecular formula is C12H24N2O5S. The van der Waals surface area contributed by atoms with E-state index >= 15 is 0 Å². The molecular weight excluding hydrogens is 284 g/mol. The summed E-state index contributed by atoms with van der Waals surface area (Å²) in [4.78, 5) is 10.9. The number of sulfonamides is 1. The van der Waals surface area contributed by atoms with Crippen LogP contribution >= 0.6 is 0 Å². The van der Waals surface area contributed by atoms with E-state index in [0.29, 0.717) is 19.6 Å². The molecule has 0 bridgehead atoms. The van der Waals surface area contributed by atoms with Crippen LogP contribution in [-0.2, 0) is 24.3 Å². The van der Waals surface area contributed by atoms with Crippen LogP contribution in [0.4, 0.5) is 0 Å². The molecule has 0 unspecified atom stereocenters. The number of methoxy groups -OCH3 is 1. The van der Waals surface area contributed by atoms with E-state index in [1.165, 1.54) is 7.11 Å². The van der Waals surface area contributed by atoms with Crippen molar-refractivity contribution in [2.75, 3.05) is 39.1 Å². The molecule has 118 valence electrons. The maximum Gasteiger partial charge on any atom is 0.306 e. The van der Waals surface area contributed by atoms with Crippen LogP contribution in [0.25, 0.3) is 0 Å². The molecule has 0 atom stereocenters. The first kappa shape index (κ1) is 17.4. The normalized spacial score (nSPS) is 17.1. The highest BCUT2D eigenvalue weighted by molar-refractivity contribution is 7.89. The van der Waals surface area contributed by atoms with Gasteiger partial charge in [-0.05, 0) is 32.4 Å². The average molecular weight is 308 g/mol. The summed E-state index contributed by atoms with van der Waals surface area (Å²) < 4.78 is 35.6. The molecule has 0 aromatic carbocycles. The Hall–Kier alpha value is -0.700. The fraction of sp³-hybridized carbons (Fsp3) is 0.917. The lowest BCUT2D eigenvalue weighted by atomic mass is 10.1. The Bertz CT molecular complexity index is 379. The molecule has 1 aliphatic rings. The summed E-state index contributed by atoms with van der Waals surface area (Å²) >= 11 is 0. The van der Waals surface area contributed by atoms with E-state index in [1.54, 1.807) is 0 Å². The molecule has 2 N–H and O–H groups in total. The molecule has 0 aromatic heterocycles. The van der Waals surface area contributed by atoms with E-state index in [9.17, 15) is 13.2 Å². The SMILES string of the molecule is COC(=O)CCS(=O)(=O)NCCCOC1CCNCC1. The van der Waals surface area contributed by atoms with Gasteiger partial charge in [-0.1, -0.05) is 0 Å². The average Bonchev–Trinajstić information content (AvgIpc) is 2.45. The van der Waals surface area contributed by atoms with Crippen LogP contribution in [0.5, 0.6) is 0 Å². The van der Waals surface area contributed by atoms with Gasteiger partial charge in [0.15, 0.2) is 0 Å². The second-order valence-corrected chi connectivity index (χ2v) is 6.64. The van der Waals surface area contributed by atoms with Crippen molar-refractivity contribution in [1.29, 1.82) is 0 Å². The van der Waals surface area contributed by atoms with Crippen molar-refractivity contribution in [3.63, 3.8) is 0 Å². The Morgan fingerprint density at radius 3 is 2.70 bits per heavy atom. The van der Waals surface area contributed by atoms with Crippen LogP contribution in [0, 0.1) is 0 Å².